The van der Waals surface area contributed by atoms with Gasteiger partial charge in [0, 0.05) is 55.6 Å². The van der Waals surface area contributed by atoms with Gasteiger partial charge in [0.2, 0.25) is 5.91 Å². The number of fused-ring (bicyclic) bond motifs is 1. The average Bonchev–Trinajstić information content (AvgIpc) is 2.83. The Labute approximate surface area is 189 Å². The fourth-order valence-corrected chi connectivity index (χ4v) is 4.74. The van der Waals surface area contributed by atoms with Gasteiger partial charge in [0.15, 0.2) is 0 Å². The van der Waals surface area contributed by atoms with E-state index in [4.69, 9.17) is 15.9 Å². The minimum Gasteiger partial charge on any atom is -0.400 e. The fourth-order valence-electron chi connectivity index (χ4n) is 4.74. The molecule has 0 radical (unpaired) electrons. The van der Waals surface area contributed by atoms with Gasteiger partial charge in [-0.05, 0) is 23.9 Å². The largest absolute Gasteiger partial charge is 0.400 e. The number of carbonyl (C=O) groups is 1. The molecule has 4 rings (SSSR count). The quantitative estimate of drug-likeness (QED) is 0.430. The highest BCUT2D eigenvalue weighted by atomic mass is 16.5. The molecule has 0 saturated carbocycles. The number of nitrogens with one attached hydrogen (secondary N) is 1. The number of piperazine rings is 1. The van der Waals surface area contributed by atoms with E-state index in [2.05, 4.69) is 53.9 Å². The van der Waals surface area contributed by atoms with E-state index in [0.717, 1.165) is 17.8 Å². The minimum atomic E-state index is -0.114. The molecule has 2 aromatic carbocycles. The molecule has 1 unspecified atom stereocenters. The van der Waals surface area contributed by atoms with Crippen molar-refractivity contribution >= 4 is 28.2 Å². The first kappa shape index (κ1) is 21.9. The summed E-state index contributed by atoms with van der Waals surface area (Å²) in [6.45, 7) is 7.12. The average molecular weight is 434 g/mol. The molecular formula is C25H31N5O2. The Morgan fingerprint density at radius 3 is 2.75 bits per heavy atom. The van der Waals surface area contributed by atoms with Gasteiger partial charge in [-0.15, -0.1) is 0 Å². The summed E-state index contributed by atoms with van der Waals surface area (Å²) in [5.74, 6) is 0.368. The number of benzene rings is 2. The van der Waals surface area contributed by atoms with Gasteiger partial charge in [-0.25, -0.2) is 0 Å². The lowest BCUT2D eigenvalue weighted by Gasteiger charge is -2.43. The van der Waals surface area contributed by atoms with Gasteiger partial charge in [0.1, 0.15) is 5.84 Å². The second kappa shape index (κ2) is 9.44. The van der Waals surface area contributed by atoms with Crippen LogP contribution in [0.3, 0.4) is 0 Å². The van der Waals surface area contributed by atoms with Crippen LogP contribution in [0.5, 0.6) is 0 Å². The third-order valence-electron chi connectivity index (χ3n) is 6.39. The number of methoxy groups -OCH3 is 1. The van der Waals surface area contributed by atoms with Crippen molar-refractivity contribution in [1.29, 1.82) is 5.41 Å². The van der Waals surface area contributed by atoms with Crippen LogP contribution in [-0.2, 0) is 9.53 Å². The topological polar surface area (TPSA) is 85.9 Å². The van der Waals surface area contributed by atoms with E-state index in [1.165, 1.54) is 22.5 Å². The Bertz CT molecular complexity index is 1060. The van der Waals surface area contributed by atoms with E-state index in [1.807, 2.05) is 4.90 Å². The van der Waals surface area contributed by atoms with Crippen molar-refractivity contribution in [2.24, 2.45) is 5.73 Å². The maximum Gasteiger partial charge on any atom is 0.246 e. The number of nitrogens with two attached hydrogens (primary N) is 1. The number of hydrogen-bond acceptors (Lipinski definition) is 5. The van der Waals surface area contributed by atoms with Crippen LogP contribution in [0.15, 0.2) is 66.4 Å². The summed E-state index contributed by atoms with van der Waals surface area (Å²) < 4.78 is 5.33. The highest BCUT2D eigenvalue weighted by Gasteiger charge is 2.32. The molecule has 168 valence electrons. The molecule has 1 fully saturated rings. The van der Waals surface area contributed by atoms with Crippen molar-refractivity contribution in [2.75, 3.05) is 51.3 Å². The number of nitrogens with zero attached hydrogens (tertiary/aromatic N) is 3. The van der Waals surface area contributed by atoms with Crippen molar-refractivity contribution in [2.45, 2.75) is 12.5 Å². The summed E-state index contributed by atoms with van der Waals surface area (Å²) in [5, 5.41) is 11.3. The first-order valence-corrected chi connectivity index (χ1v) is 11.0. The number of carbonyl (C=O) groups excluding carboxylic acids is 1. The second-order valence-corrected chi connectivity index (χ2v) is 8.31. The van der Waals surface area contributed by atoms with E-state index in [-0.39, 0.29) is 11.9 Å². The van der Waals surface area contributed by atoms with Gasteiger partial charge in [-0.1, -0.05) is 43.0 Å². The summed E-state index contributed by atoms with van der Waals surface area (Å²) in [6, 6.07) is 14.6. The first-order chi connectivity index (χ1) is 15.5. The molecule has 1 amide bonds. The molecule has 0 bridgehead atoms. The molecule has 32 heavy (non-hydrogen) atoms. The van der Waals surface area contributed by atoms with Gasteiger partial charge >= 0.3 is 0 Å². The molecule has 2 aliphatic rings. The van der Waals surface area contributed by atoms with Gasteiger partial charge < -0.3 is 25.2 Å². The van der Waals surface area contributed by atoms with Crippen LogP contribution in [0.25, 0.3) is 10.8 Å². The predicted octanol–water partition coefficient (Wildman–Crippen LogP) is 2.59. The van der Waals surface area contributed by atoms with Crippen LogP contribution in [0, 0.1) is 5.41 Å². The number of amides is 1. The molecule has 0 aromatic heterocycles. The molecule has 2 heterocycles. The Morgan fingerprint density at radius 2 is 2.00 bits per heavy atom. The summed E-state index contributed by atoms with van der Waals surface area (Å²) in [7, 11) is 1.63. The monoisotopic (exact) mass is 433 g/mol. The zero-order valence-electron chi connectivity index (χ0n) is 18.6. The summed E-state index contributed by atoms with van der Waals surface area (Å²) in [6.07, 6.45) is 2.06. The number of anilines is 1. The van der Waals surface area contributed by atoms with E-state index in [1.54, 1.807) is 12.0 Å². The molecule has 1 atom stereocenters. The van der Waals surface area contributed by atoms with Crippen LogP contribution in [0.2, 0.25) is 0 Å². The number of ether oxygens (including phenoxy) is 1. The summed E-state index contributed by atoms with van der Waals surface area (Å²) in [4.78, 5) is 18.3. The zero-order valence-corrected chi connectivity index (χ0v) is 18.6. The van der Waals surface area contributed by atoms with Crippen LogP contribution in [0.4, 0.5) is 5.69 Å². The number of amidine groups is 1. The van der Waals surface area contributed by atoms with Crippen LogP contribution in [0.1, 0.15) is 6.42 Å². The zero-order chi connectivity index (χ0) is 22.7. The molecule has 2 aliphatic heterocycles. The highest BCUT2D eigenvalue weighted by Crippen LogP contribution is 2.30. The van der Waals surface area contributed by atoms with E-state index in [0.29, 0.717) is 45.0 Å². The lowest BCUT2D eigenvalue weighted by molar-refractivity contribution is -0.131. The standard InChI is InChI=1S/C25H31N5O2/c1-3-24(31)30-14-13-29(15-19(30)17-32-2)25(27)21-11-12-28(16-22(21)26)23-10-6-8-18-7-4-5-9-20(18)23/h3-10,19,27H,1,11-17,26H2,2H3. The third-order valence-corrected chi connectivity index (χ3v) is 6.39. The first-order valence-electron chi connectivity index (χ1n) is 11.0. The SMILES string of the molecule is C=CC(=O)N1CCN(C(=N)C2=C(N)CN(c3cccc4ccccc34)CC2)CC1COC. The summed E-state index contributed by atoms with van der Waals surface area (Å²) >= 11 is 0. The maximum atomic E-state index is 12.2. The van der Waals surface area contributed by atoms with Crippen LogP contribution >= 0.6 is 0 Å². The Kier molecular flexibility index (Phi) is 6.46. The lowest BCUT2D eigenvalue weighted by Crippen LogP contribution is -2.58. The summed E-state index contributed by atoms with van der Waals surface area (Å²) in [5.41, 5.74) is 9.33. The third kappa shape index (κ3) is 4.21. The highest BCUT2D eigenvalue weighted by molar-refractivity contribution is 5.98. The van der Waals surface area contributed by atoms with Crippen LogP contribution < -0.4 is 10.6 Å². The molecule has 2 aromatic rings. The van der Waals surface area contributed by atoms with E-state index >= 15 is 0 Å². The fraction of sp³-hybridized carbons (Fsp3) is 0.360. The molecule has 7 heteroatoms. The molecule has 7 nitrogen and oxygen atoms in total. The van der Waals surface area contributed by atoms with Crippen LogP contribution in [-0.4, -0.2) is 74.0 Å². The van der Waals surface area contributed by atoms with Gasteiger partial charge in [0.25, 0.3) is 0 Å². The van der Waals surface area contributed by atoms with Gasteiger partial charge in [0.05, 0.1) is 19.2 Å². The van der Waals surface area contributed by atoms with Gasteiger partial charge in [-0.2, -0.15) is 0 Å². The second-order valence-electron chi connectivity index (χ2n) is 8.31. The van der Waals surface area contributed by atoms with E-state index in [9.17, 15) is 4.79 Å². The Hall–Kier alpha value is -3.32. The smallest absolute Gasteiger partial charge is 0.246 e. The Balaban J connectivity index is 1.50. The molecule has 0 spiro atoms. The molecular weight excluding hydrogens is 402 g/mol. The van der Waals surface area contributed by atoms with Crippen molar-refractivity contribution in [3.8, 4) is 0 Å². The predicted molar refractivity (Wildman–Crippen MR) is 129 cm³/mol. The minimum absolute atomic E-state index is 0.0969. The number of hydrogen-bond donors (Lipinski definition) is 2. The number of rotatable bonds is 5. The Morgan fingerprint density at radius 1 is 1.22 bits per heavy atom. The van der Waals surface area contributed by atoms with E-state index < -0.39 is 0 Å². The van der Waals surface area contributed by atoms with Crippen molar-refractivity contribution in [1.82, 2.24) is 9.80 Å². The maximum absolute atomic E-state index is 12.2. The molecule has 1 saturated heterocycles. The molecule has 3 N–H and O–H groups in total. The van der Waals surface area contributed by atoms with Gasteiger partial charge in [-0.3, -0.25) is 10.2 Å². The van der Waals surface area contributed by atoms with Crippen molar-refractivity contribution in [3.63, 3.8) is 0 Å². The van der Waals surface area contributed by atoms with Crippen molar-refractivity contribution < 1.29 is 9.53 Å². The normalized spacial score (nSPS) is 19.4. The molecule has 0 aliphatic carbocycles. The van der Waals surface area contributed by atoms with Crippen molar-refractivity contribution in [3.05, 3.63) is 66.4 Å². The lowest BCUT2D eigenvalue weighted by atomic mass is 10.00.